The summed E-state index contributed by atoms with van der Waals surface area (Å²) in [6.07, 6.45) is 3.44. The van der Waals surface area contributed by atoms with Crippen molar-refractivity contribution >= 4 is 29.7 Å². The predicted octanol–water partition coefficient (Wildman–Crippen LogP) is 1.79. The summed E-state index contributed by atoms with van der Waals surface area (Å²) in [5.41, 5.74) is 1.34. The first-order chi connectivity index (χ1) is 15.9. The Morgan fingerprint density at radius 1 is 1.09 bits per heavy atom. The Morgan fingerprint density at radius 2 is 1.76 bits per heavy atom. The number of ether oxygens (including phenoxy) is 1. The highest BCUT2D eigenvalue weighted by atomic mass is 16.5. The SMILES string of the molecule is O=C(O)COC1CCN(C(=O)C(Cc2ccc(O)cc2)NC(=O)/[C]=N/c2ccccc2)CC1. The van der Waals surface area contributed by atoms with E-state index in [1.807, 2.05) is 6.07 Å². The molecule has 1 fully saturated rings. The van der Waals surface area contributed by atoms with Crippen LogP contribution in [0.5, 0.6) is 5.75 Å². The lowest BCUT2D eigenvalue weighted by Gasteiger charge is -2.34. The molecule has 1 unspecified atom stereocenters. The van der Waals surface area contributed by atoms with Crippen molar-refractivity contribution in [1.29, 1.82) is 0 Å². The first kappa shape index (κ1) is 23.9. The third kappa shape index (κ3) is 7.73. The van der Waals surface area contributed by atoms with Gasteiger partial charge in [0.05, 0.1) is 11.8 Å². The van der Waals surface area contributed by atoms with Gasteiger partial charge in [0.1, 0.15) is 18.4 Å². The second-order valence-electron chi connectivity index (χ2n) is 7.69. The molecule has 0 saturated carbocycles. The number of phenols is 1. The highest BCUT2D eigenvalue weighted by Crippen LogP contribution is 2.17. The van der Waals surface area contributed by atoms with Gasteiger partial charge in [-0.15, -0.1) is 0 Å². The highest BCUT2D eigenvalue weighted by molar-refractivity contribution is 6.27. The molecule has 1 heterocycles. The second kappa shape index (κ2) is 11.8. The fourth-order valence-electron chi connectivity index (χ4n) is 3.53. The number of carbonyl (C=O) groups is 3. The van der Waals surface area contributed by atoms with E-state index < -0.39 is 17.9 Å². The summed E-state index contributed by atoms with van der Waals surface area (Å²) >= 11 is 0. The van der Waals surface area contributed by atoms with E-state index in [1.54, 1.807) is 41.3 Å². The van der Waals surface area contributed by atoms with Crippen molar-refractivity contribution in [3.05, 3.63) is 60.2 Å². The summed E-state index contributed by atoms with van der Waals surface area (Å²) in [5, 5.41) is 21.0. The molecule has 1 radical (unpaired) electrons. The van der Waals surface area contributed by atoms with Gasteiger partial charge in [-0.05, 0) is 42.7 Å². The zero-order chi connectivity index (χ0) is 23.6. The van der Waals surface area contributed by atoms with E-state index in [1.165, 1.54) is 12.1 Å². The number of nitrogens with zero attached hydrogens (tertiary/aromatic N) is 2. The van der Waals surface area contributed by atoms with Crippen LogP contribution in [0.4, 0.5) is 5.69 Å². The maximum absolute atomic E-state index is 13.2. The normalized spacial score (nSPS) is 15.3. The number of piperidine rings is 1. The summed E-state index contributed by atoms with van der Waals surface area (Å²) in [7, 11) is 0. The number of benzene rings is 2. The van der Waals surface area contributed by atoms with E-state index in [9.17, 15) is 19.5 Å². The molecule has 1 aliphatic rings. The number of nitrogens with one attached hydrogen (secondary N) is 1. The number of carboxylic acids is 1. The van der Waals surface area contributed by atoms with Crippen LogP contribution >= 0.6 is 0 Å². The number of rotatable bonds is 9. The topological polar surface area (TPSA) is 129 Å². The third-order valence-corrected chi connectivity index (χ3v) is 5.22. The lowest BCUT2D eigenvalue weighted by molar-refractivity contribution is -0.147. The van der Waals surface area contributed by atoms with E-state index in [4.69, 9.17) is 9.84 Å². The molecule has 2 amide bonds. The molecule has 3 N–H and O–H groups in total. The largest absolute Gasteiger partial charge is 0.508 e. The minimum absolute atomic E-state index is 0.109. The van der Waals surface area contributed by atoms with Gasteiger partial charge >= 0.3 is 5.97 Å². The Labute approximate surface area is 191 Å². The van der Waals surface area contributed by atoms with Crippen molar-refractivity contribution in [3.8, 4) is 5.75 Å². The van der Waals surface area contributed by atoms with E-state index >= 15 is 0 Å². The van der Waals surface area contributed by atoms with Crippen molar-refractivity contribution in [2.75, 3.05) is 19.7 Å². The molecule has 0 bridgehead atoms. The standard InChI is InChI=1S/C24H26N3O6/c28-19-8-6-17(7-9-19)14-21(26-22(29)15-25-18-4-2-1-3-5-18)24(32)27-12-10-20(11-13-27)33-16-23(30)31/h1-9,20-21,28H,10-14,16H2,(H,26,29)(H,30,31). The number of hydrogen-bond donors (Lipinski definition) is 3. The van der Waals surface area contributed by atoms with Crippen LogP contribution in [0.3, 0.4) is 0 Å². The first-order valence-corrected chi connectivity index (χ1v) is 10.6. The number of amides is 2. The molecule has 3 rings (SSSR count). The molecule has 1 atom stereocenters. The smallest absolute Gasteiger partial charge is 0.329 e. The van der Waals surface area contributed by atoms with Crippen molar-refractivity contribution in [1.82, 2.24) is 10.2 Å². The predicted molar refractivity (Wildman–Crippen MR) is 120 cm³/mol. The molecular weight excluding hydrogens is 426 g/mol. The molecule has 2 aromatic carbocycles. The molecule has 1 saturated heterocycles. The van der Waals surface area contributed by atoms with Gasteiger partial charge in [0.15, 0.2) is 6.21 Å². The number of likely N-dealkylation sites (tertiary alicyclic amines) is 1. The van der Waals surface area contributed by atoms with Gasteiger partial charge in [-0.25, -0.2) is 9.79 Å². The van der Waals surface area contributed by atoms with Crippen LogP contribution in [-0.4, -0.2) is 71.0 Å². The van der Waals surface area contributed by atoms with Gasteiger partial charge in [0.25, 0.3) is 5.91 Å². The quantitative estimate of drug-likeness (QED) is 0.498. The summed E-state index contributed by atoms with van der Waals surface area (Å²) in [6, 6.07) is 14.5. The number of carbonyl (C=O) groups excluding carboxylic acids is 2. The average molecular weight is 452 g/mol. The Kier molecular flexibility index (Phi) is 8.54. The Balaban J connectivity index is 1.65. The van der Waals surface area contributed by atoms with Crippen LogP contribution in [0.2, 0.25) is 0 Å². The van der Waals surface area contributed by atoms with Gasteiger partial charge in [-0.2, -0.15) is 0 Å². The number of para-hydroxylation sites is 1. The van der Waals surface area contributed by atoms with Crippen molar-refractivity contribution in [3.63, 3.8) is 0 Å². The third-order valence-electron chi connectivity index (χ3n) is 5.22. The molecule has 1 aliphatic heterocycles. The molecule has 9 heteroatoms. The van der Waals surface area contributed by atoms with Gasteiger partial charge in [0.2, 0.25) is 5.91 Å². The number of carboxylic acid groups (broad SMARTS) is 1. The Morgan fingerprint density at radius 3 is 2.39 bits per heavy atom. The maximum Gasteiger partial charge on any atom is 0.329 e. The molecule has 0 spiro atoms. The van der Waals surface area contributed by atoms with E-state index in [0.29, 0.717) is 31.6 Å². The van der Waals surface area contributed by atoms with Gasteiger partial charge in [0, 0.05) is 19.5 Å². The fraction of sp³-hybridized carbons (Fsp3) is 0.333. The molecule has 173 valence electrons. The van der Waals surface area contributed by atoms with Crippen molar-refractivity contribution < 1.29 is 29.3 Å². The van der Waals surface area contributed by atoms with Crippen molar-refractivity contribution in [2.45, 2.75) is 31.4 Å². The molecule has 2 aromatic rings. The molecular formula is C24H26N3O6. The zero-order valence-electron chi connectivity index (χ0n) is 18.0. The van der Waals surface area contributed by atoms with Gasteiger partial charge in [-0.1, -0.05) is 30.3 Å². The number of aliphatic imine (C=N–C) groups is 1. The minimum atomic E-state index is -1.03. The molecule has 0 aromatic heterocycles. The summed E-state index contributed by atoms with van der Waals surface area (Å²) in [5.74, 6) is -1.79. The number of hydrogen-bond acceptors (Lipinski definition) is 6. The maximum atomic E-state index is 13.2. The highest BCUT2D eigenvalue weighted by Gasteiger charge is 2.30. The van der Waals surface area contributed by atoms with Crippen LogP contribution < -0.4 is 5.32 Å². The summed E-state index contributed by atoms with van der Waals surface area (Å²) in [4.78, 5) is 42.0. The van der Waals surface area contributed by atoms with Crippen LogP contribution in [-0.2, 0) is 25.5 Å². The average Bonchev–Trinajstić information content (AvgIpc) is 2.83. The number of aliphatic carboxylic acids is 1. The van der Waals surface area contributed by atoms with Crippen LogP contribution in [0.1, 0.15) is 18.4 Å². The minimum Gasteiger partial charge on any atom is -0.508 e. The lowest BCUT2D eigenvalue weighted by atomic mass is 10.0. The van der Waals surface area contributed by atoms with E-state index in [2.05, 4.69) is 16.5 Å². The van der Waals surface area contributed by atoms with E-state index in [-0.39, 0.29) is 30.8 Å². The van der Waals surface area contributed by atoms with E-state index in [0.717, 1.165) is 5.56 Å². The monoisotopic (exact) mass is 452 g/mol. The van der Waals surface area contributed by atoms with Gasteiger partial charge in [-0.3, -0.25) is 9.59 Å². The fourth-order valence-corrected chi connectivity index (χ4v) is 3.53. The summed E-state index contributed by atoms with van der Waals surface area (Å²) in [6.45, 7) is 0.425. The molecule has 33 heavy (non-hydrogen) atoms. The zero-order valence-corrected chi connectivity index (χ0v) is 18.0. The van der Waals surface area contributed by atoms with Crippen LogP contribution in [0.25, 0.3) is 0 Å². The Bertz CT molecular complexity index is 969. The first-order valence-electron chi connectivity index (χ1n) is 10.6. The number of aromatic hydroxyl groups is 1. The Hall–Kier alpha value is -3.72. The van der Waals surface area contributed by atoms with Crippen molar-refractivity contribution in [2.24, 2.45) is 4.99 Å². The summed E-state index contributed by atoms with van der Waals surface area (Å²) < 4.78 is 5.32. The van der Waals surface area contributed by atoms with Gasteiger partial charge < -0.3 is 25.2 Å². The lowest BCUT2D eigenvalue weighted by Crippen LogP contribution is -2.52. The van der Waals surface area contributed by atoms with Crippen LogP contribution in [0.15, 0.2) is 59.6 Å². The molecule has 0 aliphatic carbocycles. The second-order valence-corrected chi connectivity index (χ2v) is 7.69. The molecule has 9 nitrogen and oxygen atoms in total. The number of phenolic OH excluding ortho intramolecular Hbond substituents is 1. The van der Waals surface area contributed by atoms with Crippen LogP contribution in [0, 0.1) is 0 Å².